The van der Waals surface area contributed by atoms with Crippen LogP contribution in [0.25, 0.3) is 0 Å². The van der Waals surface area contributed by atoms with E-state index in [0.29, 0.717) is 32.5 Å². The van der Waals surface area contributed by atoms with E-state index in [2.05, 4.69) is 36.5 Å². The van der Waals surface area contributed by atoms with Crippen molar-refractivity contribution in [1.29, 1.82) is 0 Å². The van der Waals surface area contributed by atoms with Crippen molar-refractivity contribution in [1.82, 2.24) is 13.9 Å². The van der Waals surface area contributed by atoms with Crippen LogP contribution in [0.3, 0.4) is 0 Å². The molecule has 0 aromatic heterocycles. The lowest BCUT2D eigenvalue weighted by Gasteiger charge is -2.32. The van der Waals surface area contributed by atoms with Gasteiger partial charge in [-0.05, 0) is 25.3 Å². The van der Waals surface area contributed by atoms with Gasteiger partial charge in [0, 0.05) is 51.2 Å². The van der Waals surface area contributed by atoms with E-state index < -0.39 is 10.2 Å². The van der Waals surface area contributed by atoms with E-state index in [9.17, 15) is 13.2 Å². The van der Waals surface area contributed by atoms with Crippen LogP contribution in [0.4, 0.5) is 0 Å². The Morgan fingerprint density at radius 1 is 1.23 bits per heavy atom. The number of aryl methyl sites for hydroxylation is 1. The van der Waals surface area contributed by atoms with Crippen molar-refractivity contribution in [3.05, 3.63) is 35.4 Å². The maximum Gasteiger partial charge on any atom is 0.281 e. The summed E-state index contributed by atoms with van der Waals surface area (Å²) in [4.78, 5) is 12.3. The highest BCUT2D eigenvalue weighted by atomic mass is 32.2. The molecule has 0 aliphatic carbocycles. The highest BCUT2D eigenvalue weighted by Crippen LogP contribution is 2.20. The van der Waals surface area contributed by atoms with E-state index in [1.807, 2.05) is 0 Å². The van der Waals surface area contributed by atoms with Gasteiger partial charge in [-0.15, -0.1) is 0 Å². The van der Waals surface area contributed by atoms with Gasteiger partial charge in [0.25, 0.3) is 10.2 Å². The molecule has 1 aromatic carbocycles. The topological polar surface area (TPSA) is 69.7 Å². The monoisotopic (exact) mass is 399 g/mol. The molecule has 1 amide bonds. The largest absolute Gasteiger partial charge is 0.355 e. The number of nitrogens with zero attached hydrogens (tertiary/aromatic N) is 2. The van der Waals surface area contributed by atoms with E-state index in [0.717, 1.165) is 11.5 Å². The molecule has 0 radical (unpaired) electrons. The Balaban J connectivity index is 1.64. The summed E-state index contributed by atoms with van der Waals surface area (Å²) in [6, 6.07) is 8.49. The number of hydrogen-bond acceptors (Lipinski definition) is 4. The number of thioether (sulfide) groups is 1. The van der Waals surface area contributed by atoms with Crippen molar-refractivity contribution in [3.63, 3.8) is 0 Å². The van der Waals surface area contributed by atoms with Gasteiger partial charge in [0.1, 0.15) is 0 Å². The van der Waals surface area contributed by atoms with Gasteiger partial charge in [-0.2, -0.15) is 28.8 Å². The molecular weight excluding hydrogens is 370 g/mol. The molecule has 146 valence electrons. The average Bonchev–Trinajstić information content (AvgIpc) is 2.62. The zero-order valence-corrected chi connectivity index (χ0v) is 17.4. The number of carbonyl (C=O) groups excluding carboxylic acids is 1. The molecule has 1 aliphatic rings. The summed E-state index contributed by atoms with van der Waals surface area (Å²) >= 11 is 1.80. The molecule has 0 atom stereocenters. The third-order valence-corrected chi connectivity index (χ3v) is 7.52. The summed E-state index contributed by atoms with van der Waals surface area (Å²) in [5.41, 5.74) is 2.55. The van der Waals surface area contributed by atoms with Crippen LogP contribution in [-0.2, 0) is 20.8 Å². The number of piperidine rings is 1. The van der Waals surface area contributed by atoms with Crippen LogP contribution < -0.4 is 5.32 Å². The number of hydrogen-bond donors (Lipinski definition) is 1. The fourth-order valence-electron chi connectivity index (χ4n) is 2.84. The first-order valence-corrected chi connectivity index (χ1v) is 11.4. The molecule has 0 unspecified atom stereocenters. The zero-order chi connectivity index (χ0) is 19.2. The predicted molar refractivity (Wildman–Crippen MR) is 107 cm³/mol. The summed E-state index contributed by atoms with van der Waals surface area (Å²) in [5, 5.41) is 2.99. The maximum atomic E-state index is 12.3. The molecule has 2 rings (SSSR count). The van der Waals surface area contributed by atoms with Crippen LogP contribution in [0.2, 0.25) is 0 Å². The van der Waals surface area contributed by atoms with Crippen molar-refractivity contribution in [2.45, 2.75) is 25.5 Å². The second-order valence-corrected chi connectivity index (χ2v) is 10.0. The standard InChI is InChI=1S/C18H29N3O3S2/c1-15-4-6-16(7-5-15)14-25-13-10-19-18(22)17-8-11-21(12-9-17)26(23,24)20(2)3/h4-7,17H,8-14H2,1-3H3,(H,19,22). The third-order valence-electron chi connectivity index (χ3n) is 4.55. The third kappa shape index (κ3) is 5.97. The first-order valence-electron chi connectivity index (χ1n) is 8.89. The number of amides is 1. The molecule has 1 heterocycles. The van der Waals surface area contributed by atoms with Gasteiger partial charge in [0.2, 0.25) is 5.91 Å². The van der Waals surface area contributed by atoms with Crippen molar-refractivity contribution >= 4 is 27.9 Å². The second-order valence-electron chi connectivity index (χ2n) is 6.79. The van der Waals surface area contributed by atoms with Crippen molar-refractivity contribution in [2.75, 3.05) is 39.5 Å². The van der Waals surface area contributed by atoms with Gasteiger partial charge >= 0.3 is 0 Å². The Labute approximate surface area is 161 Å². The maximum absolute atomic E-state index is 12.3. The molecule has 1 saturated heterocycles. The van der Waals surface area contributed by atoms with Crippen LogP contribution in [0.1, 0.15) is 24.0 Å². The molecule has 1 aliphatic heterocycles. The minimum Gasteiger partial charge on any atom is -0.355 e. The highest BCUT2D eigenvalue weighted by Gasteiger charge is 2.31. The first-order chi connectivity index (χ1) is 12.3. The SMILES string of the molecule is Cc1ccc(CSCCNC(=O)C2CCN(S(=O)(=O)N(C)C)CC2)cc1. The molecule has 1 aromatic rings. The quantitative estimate of drug-likeness (QED) is 0.678. The van der Waals surface area contributed by atoms with E-state index >= 15 is 0 Å². The van der Waals surface area contributed by atoms with Crippen LogP contribution >= 0.6 is 11.8 Å². The van der Waals surface area contributed by atoms with Gasteiger partial charge in [0.15, 0.2) is 0 Å². The van der Waals surface area contributed by atoms with Crippen LogP contribution in [-0.4, -0.2) is 62.4 Å². The summed E-state index contributed by atoms with van der Waals surface area (Å²) in [7, 11) is -0.311. The van der Waals surface area contributed by atoms with Gasteiger partial charge in [0.05, 0.1) is 0 Å². The van der Waals surface area contributed by atoms with Crippen molar-refractivity contribution in [2.24, 2.45) is 5.92 Å². The molecule has 0 saturated carbocycles. The fourth-order valence-corrected chi connectivity index (χ4v) is 4.80. The lowest BCUT2D eigenvalue weighted by Crippen LogP contribution is -2.47. The smallest absolute Gasteiger partial charge is 0.281 e. The molecule has 26 heavy (non-hydrogen) atoms. The van der Waals surface area contributed by atoms with E-state index in [-0.39, 0.29) is 11.8 Å². The lowest BCUT2D eigenvalue weighted by atomic mass is 9.97. The Bertz CT molecular complexity index is 682. The van der Waals surface area contributed by atoms with Crippen LogP contribution in [0.5, 0.6) is 0 Å². The lowest BCUT2D eigenvalue weighted by molar-refractivity contribution is -0.125. The fraction of sp³-hybridized carbons (Fsp3) is 0.611. The number of carbonyl (C=O) groups is 1. The summed E-state index contributed by atoms with van der Waals surface area (Å²) in [5.74, 6) is 1.76. The van der Waals surface area contributed by atoms with E-state index in [4.69, 9.17) is 0 Å². The number of nitrogens with one attached hydrogen (secondary N) is 1. The van der Waals surface area contributed by atoms with Gasteiger partial charge in [-0.3, -0.25) is 4.79 Å². The minimum absolute atomic E-state index is 0.0443. The molecule has 1 fully saturated rings. The molecule has 6 nitrogen and oxygen atoms in total. The Morgan fingerprint density at radius 2 is 1.85 bits per heavy atom. The van der Waals surface area contributed by atoms with Gasteiger partial charge in [-0.1, -0.05) is 29.8 Å². The zero-order valence-electron chi connectivity index (χ0n) is 15.8. The summed E-state index contributed by atoms with van der Waals surface area (Å²) < 4.78 is 26.9. The Hall–Kier alpha value is -1.09. The molecule has 0 spiro atoms. The molecule has 1 N–H and O–H groups in total. The second kappa shape index (κ2) is 9.73. The van der Waals surface area contributed by atoms with Gasteiger partial charge < -0.3 is 5.32 Å². The van der Waals surface area contributed by atoms with E-state index in [1.54, 1.807) is 11.8 Å². The summed E-state index contributed by atoms with van der Waals surface area (Å²) in [6.45, 7) is 3.53. The van der Waals surface area contributed by atoms with Crippen molar-refractivity contribution in [3.8, 4) is 0 Å². The predicted octanol–water partition coefficient (Wildman–Crippen LogP) is 1.86. The molecular formula is C18H29N3O3S2. The molecule has 0 bridgehead atoms. The Kier molecular flexibility index (Phi) is 7.94. The highest BCUT2D eigenvalue weighted by molar-refractivity contribution is 7.98. The van der Waals surface area contributed by atoms with Gasteiger partial charge in [-0.25, -0.2) is 0 Å². The minimum atomic E-state index is -3.37. The average molecular weight is 400 g/mol. The first kappa shape index (κ1) is 21.2. The van der Waals surface area contributed by atoms with Crippen molar-refractivity contribution < 1.29 is 13.2 Å². The number of rotatable bonds is 8. The Morgan fingerprint density at radius 3 is 2.42 bits per heavy atom. The van der Waals surface area contributed by atoms with Crippen LogP contribution in [0.15, 0.2) is 24.3 Å². The molecule has 8 heteroatoms. The normalized spacial score (nSPS) is 16.8. The van der Waals surface area contributed by atoms with Crippen LogP contribution in [0, 0.1) is 12.8 Å². The summed E-state index contributed by atoms with van der Waals surface area (Å²) in [6.07, 6.45) is 1.16. The number of benzene rings is 1. The van der Waals surface area contributed by atoms with E-state index in [1.165, 1.54) is 33.8 Å².